The SMILES string of the molecule is CC(C)(C)OC(=O)NCc1ccc(-c2ccnc(Cl)n2)cc1C(F)(F)F.CC(C)(C)OC(=O)NCc1ccc(B2OC(C)(C)C(C)(C)O2)cc1C(F)(F)F.Clc1ccnc(Cl)n1. The summed E-state index contributed by atoms with van der Waals surface area (Å²) in [5.41, 5.74) is -3.91. The number of hydrogen-bond donors (Lipinski definition) is 2. The molecule has 4 aromatic rings. The zero-order valence-electron chi connectivity index (χ0n) is 35.4. The van der Waals surface area contributed by atoms with Gasteiger partial charge in [-0.3, -0.25) is 0 Å². The van der Waals surface area contributed by atoms with Crippen LogP contribution in [0.5, 0.6) is 0 Å². The van der Waals surface area contributed by atoms with Crippen LogP contribution in [0.1, 0.15) is 91.5 Å². The molecule has 0 unspecified atom stereocenters. The molecule has 2 aromatic heterocycles. The van der Waals surface area contributed by atoms with Gasteiger partial charge in [-0.2, -0.15) is 26.3 Å². The summed E-state index contributed by atoms with van der Waals surface area (Å²) in [6.45, 7) is 16.7. The number of ether oxygens (including phenoxy) is 2. The van der Waals surface area contributed by atoms with Gasteiger partial charge in [-0.1, -0.05) is 35.9 Å². The predicted octanol–water partition coefficient (Wildman–Crippen LogP) is 10.7. The molecule has 1 saturated heterocycles. The molecule has 338 valence electrons. The summed E-state index contributed by atoms with van der Waals surface area (Å²) in [7, 11) is -0.904. The molecule has 3 heterocycles. The number of carbonyl (C=O) groups excluding carboxylic acids is 2. The van der Waals surface area contributed by atoms with Crippen molar-refractivity contribution < 1.29 is 54.7 Å². The first-order valence-corrected chi connectivity index (χ1v) is 19.7. The van der Waals surface area contributed by atoms with Gasteiger partial charge >= 0.3 is 31.7 Å². The highest BCUT2D eigenvalue weighted by Crippen LogP contribution is 2.38. The van der Waals surface area contributed by atoms with Gasteiger partial charge < -0.3 is 29.4 Å². The highest BCUT2D eigenvalue weighted by Gasteiger charge is 2.52. The van der Waals surface area contributed by atoms with E-state index in [-0.39, 0.29) is 51.5 Å². The molecule has 62 heavy (non-hydrogen) atoms. The van der Waals surface area contributed by atoms with Crippen molar-refractivity contribution in [1.29, 1.82) is 0 Å². The lowest BCUT2D eigenvalue weighted by molar-refractivity contribution is -0.139. The third kappa shape index (κ3) is 16.4. The Morgan fingerprint density at radius 3 is 1.50 bits per heavy atom. The Labute approximate surface area is 370 Å². The van der Waals surface area contributed by atoms with Crippen molar-refractivity contribution in [2.24, 2.45) is 0 Å². The van der Waals surface area contributed by atoms with Crippen LogP contribution < -0.4 is 16.1 Å². The van der Waals surface area contributed by atoms with Crippen LogP contribution in [0.3, 0.4) is 0 Å². The van der Waals surface area contributed by atoms with E-state index >= 15 is 0 Å². The summed E-state index contributed by atoms with van der Waals surface area (Å²) >= 11 is 16.4. The minimum Gasteiger partial charge on any atom is -0.444 e. The summed E-state index contributed by atoms with van der Waals surface area (Å²) < 4.78 is 103. The third-order valence-corrected chi connectivity index (χ3v) is 9.11. The van der Waals surface area contributed by atoms with Crippen LogP contribution in [0, 0.1) is 0 Å². The first-order chi connectivity index (χ1) is 28.3. The Morgan fingerprint density at radius 1 is 0.661 bits per heavy atom. The number of hydrogen-bond acceptors (Lipinski definition) is 10. The number of rotatable bonds is 6. The zero-order chi connectivity index (χ0) is 47.1. The van der Waals surface area contributed by atoms with E-state index in [1.165, 1.54) is 42.7 Å². The Kier molecular flexibility index (Phi) is 17.1. The molecular formula is C40H46BCl3F6N6O6. The second kappa shape index (κ2) is 20.4. The van der Waals surface area contributed by atoms with Crippen molar-refractivity contribution in [2.75, 3.05) is 0 Å². The Bertz CT molecular complexity index is 2150. The summed E-state index contributed by atoms with van der Waals surface area (Å²) in [5, 5.41) is 5.17. The highest BCUT2D eigenvalue weighted by atomic mass is 35.5. The van der Waals surface area contributed by atoms with Crippen LogP contribution in [0.2, 0.25) is 15.7 Å². The molecular weight excluding hydrogens is 892 g/mol. The molecule has 1 fully saturated rings. The molecule has 0 bridgehead atoms. The van der Waals surface area contributed by atoms with Gasteiger partial charge in [-0.25, -0.2) is 29.5 Å². The quantitative estimate of drug-likeness (QED) is 0.0829. The van der Waals surface area contributed by atoms with Gasteiger partial charge in [-0.15, -0.1) is 0 Å². The predicted molar refractivity (Wildman–Crippen MR) is 223 cm³/mol. The van der Waals surface area contributed by atoms with E-state index in [1.807, 2.05) is 27.7 Å². The van der Waals surface area contributed by atoms with Crippen LogP contribution in [-0.2, 0) is 44.2 Å². The number of carbonyl (C=O) groups is 2. The number of alkyl carbamates (subject to hydrolysis) is 2. The molecule has 2 aromatic carbocycles. The lowest BCUT2D eigenvalue weighted by atomic mass is 9.77. The van der Waals surface area contributed by atoms with Gasteiger partial charge in [0.15, 0.2) is 0 Å². The number of halogens is 9. The fraction of sp³-hybridized carbons (Fsp3) is 0.450. The molecule has 5 rings (SSSR count). The van der Waals surface area contributed by atoms with Crippen molar-refractivity contribution in [3.8, 4) is 11.3 Å². The van der Waals surface area contributed by atoms with Crippen LogP contribution in [0.4, 0.5) is 35.9 Å². The number of amides is 2. The van der Waals surface area contributed by atoms with E-state index in [9.17, 15) is 35.9 Å². The Hall–Kier alpha value is -4.43. The van der Waals surface area contributed by atoms with Crippen molar-refractivity contribution in [1.82, 2.24) is 30.6 Å². The molecule has 1 aliphatic rings. The number of nitrogens with one attached hydrogen (secondary N) is 2. The molecule has 2 N–H and O–H groups in total. The van der Waals surface area contributed by atoms with E-state index in [0.717, 1.165) is 12.1 Å². The fourth-order valence-corrected chi connectivity index (χ4v) is 5.54. The topological polar surface area (TPSA) is 147 Å². The van der Waals surface area contributed by atoms with E-state index in [2.05, 4.69) is 30.6 Å². The van der Waals surface area contributed by atoms with Crippen molar-refractivity contribution in [3.05, 3.63) is 98.9 Å². The van der Waals surface area contributed by atoms with Crippen LogP contribution in [-0.4, -0.2) is 61.6 Å². The van der Waals surface area contributed by atoms with Gasteiger partial charge in [0.2, 0.25) is 10.6 Å². The van der Waals surface area contributed by atoms with Crippen LogP contribution in [0.25, 0.3) is 11.3 Å². The summed E-state index contributed by atoms with van der Waals surface area (Å²) in [4.78, 5) is 38.2. The zero-order valence-corrected chi connectivity index (χ0v) is 37.7. The maximum absolute atomic E-state index is 13.6. The molecule has 0 spiro atoms. The van der Waals surface area contributed by atoms with Gasteiger partial charge in [0.1, 0.15) is 16.4 Å². The summed E-state index contributed by atoms with van der Waals surface area (Å²) in [6, 6.07) is 10.6. The van der Waals surface area contributed by atoms with Crippen molar-refractivity contribution >= 4 is 59.6 Å². The maximum Gasteiger partial charge on any atom is 0.494 e. The monoisotopic (exact) mass is 936 g/mol. The Balaban J connectivity index is 0.000000280. The first-order valence-electron chi connectivity index (χ1n) is 18.6. The van der Waals surface area contributed by atoms with E-state index in [1.54, 1.807) is 47.6 Å². The second-order valence-electron chi connectivity index (χ2n) is 16.4. The molecule has 0 atom stereocenters. The normalized spacial score (nSPS) is 14.7. The molecule has 22 heteroatoms. The highest BCUT2D eigenvalue weighted by molar-refractivity contribution is 6.62. The Morgan fingerprint density at radius 2 is 1.10 bits per heavy atom. The molecule has 0 aliphatic carbocycles. The standard InChI is InChI=1S/C19H27BF3NO4.C17H17ClF3N3O2.C4H2Cl2N2/c1-16(2,3)26-15(25)24-11-12-8-9-13(10-14(12)19(21,22)23)20-27-17(4,5)18(6,7)28-20;1-16(2,3)26-15(25)23-9-11-5-4-10(8-12(11)17(19,20)21)13-6-7-22-14(18)24-13;5-3-1-2-7-4(6)8-3/h8-10H,11H2,1-7H3,(H,24,25);4-8H,9H2,1-3H3,(H,23,25);1-2H. The number of alkyl halides is 6. The number of benzene rings is 2. The lowest BCUT2D eigenvalue weighted by Crippen LogP contribution is -2.41. The first kappa shape index (κ1) is 51.9. The molecule has 12 nitrogen and oxygen atoms in total. The lowest BCUT2D eigenvalue weighted by Gasteiger charge is -2.32. The average molecular weight is 938 g/mol. The van der Waals surface area contributed by atoms with E-state index < -0.39 is 65.2 Å². The molecule has 1 aliphatic heterocycles. The van der Waals surface area contributed by atoms with E-state index in [0.29, 0.717) is 5.15 Å². The minimum atomic E-state index is -4.60. The van der Waals surface area contributed by atoms with Gasteiger partial charge in [0, 0.05) is 31.0 Å². The molecule has 2 amide bonds. The minimum absolute atomic E-state index is 0.0632. The fourth-order valence-electron chi connectivity index (χ4n) is 5.07. The smallest absolute Gasteiger partial charge is 0.444 e. The number of nitrogens with zero attached hydrogens (tertiary/aromatic N) is 4. The van der Waals surface area contributed by atoms with Crippen molar-refractivity contribution in [2.45, 2.75) is 117 Å². The van der Waals surface area contributed by atoms with Crippen LogP contribution in [0.15, 0.2) is 60.9 Å². The largest absolute Gasteiger partial charge is 0.494 e. The number of aromatic nitrogens is 4. The molecule has 0 saturated carbocycles. The summed E-state index contributed by atoms with van der Waals surface area (Å²) in [6.07, 6.45) is -7.91. The second-order valence-corrected chi connectivity index (χ2v) is 17.5. The molecule has 0 radical (unpaired) electrons. The van der Waals surface area contributed by atoms with E-state index in [4.69, 9.17) is 53.6 Å². The third-order valence-electron chi connectivity index (χ3n) is 8.54. The van der Waals surface area contributed by atoms with Gasteiger partial charge in [-0.05, 0) is 133 Å². The van der Waals surface area contributed by atoms with Crippen LogP contribution >= 0.6 is 34.8 Å². The summed E-state index contributed by atoms with van der Waals surface area (Å²) in [5.74, 6) is 0. The van der Waals surface area contributed by atoms with Gasteiger partial charge in [0.05, 0.1) is 28.0 Å². The average Bonchev–Trinajstić information content (AvgIpc) is 3.33. The van der Waals surface area contributed by atoms with Gasteiger partial charge in [0.25, 0.3) is 0 Å². The maximum atomic E-state index is 13.6. The van der Waals surface area contributed by atoms with Crippen molar-refractivity contribution in [3.63, 3.8) is 0 Å².